The summed E-state index contributed by atoms with van der Waals surface area (Å²) in [6.07, 6.45) is 1.05. The van der Waals surface area contributed by atoms with Crippen LogP contribution in [0, 0.1) is 0 Å². The van der Waals surface area contributed by atoms with Crippen molar-refractivity contribution < 1.29 is 14.4 Å². The molecule has 4 amide bonds. The lowest BCUT2D eigenvalue weighted by atomic mass is 9.91. The maximum Gasteiger partial charge on any atom is 0.322 e. The second-order valence-corrected chi connectivity index (χ2v) is 5.62. The first-order valence-corrected chi connectivity index (χ1v) is 7.70. The molecule has 1 heterocycles. The number of nitrogens with one attached hydrogen (secondary N) is 4. The zero-order valence-electron chi connectivity index (χ0n) is 13.4. The molecule has 0 saturated carbocycles. The van der Waals surface area contributed by atoms with Crippen LogP contribution in [0.3, 0.4) is 0 Å². The average molecular weight is 318 g/mol. The number of amides is 4. The van der Waals surface area contributed by atoms with Crippen LogP contribution in [-0.4, -0.2) is 37.5 Å². The van der Waals surface area contributed by atoms with E-state index in [9.17, 15) is 14.4 Å². The molecule has 4 N–H and O–H groups in total. The minimum Gasteiger partial charge on any atom is -0.351 e. The van der Waals surface area contributed by atoms with Gasteiger partial charge in [-0.1, -0.05) is 19.1 Å². The van der Waals surface area contributed by atoms with E-state index in [1.807, 2.05) is 0 Å². The highest BCUT2D eigenvalue weighted by atomic mass is 16.2. The van der Waals surface area contributed by atoms with Gasteiger partial charge in [0.2, 0.25) is 0 Å². The van der Waals surface area contributed by atoms with Gasteiger partial charge in [-0.15, -0.1) is 0 Å². The van der Waals surface area contributed by atoms with Crippen molar-refractivity contribution in [2.75, 3.05) is 19.6 Å². The Morgan fingerprint density at radius 2 is 1.83 bits per heavy atom. The molecule has 2 rings (SSSR count). The summed E-state index contributed by atoms with van der Waals surface area (Å²) >= 11 is 0. The van der Waals surface area contributed by atoms with Crippen LogP contribution in [0.1, 0.15) is 36.2 Å². The molecule has 1 unspecified atom stereocenters. The van der Waals surface area contributed by atoms with E-state index in [2.05, 4.69) is 28.2 Å². The fourth-order valence-electron chi connectivity index (χ4n) is 2.37. The molecular weight excluding hydrogens is 296 g/mol. The summed E-state index contributed by atoms with van der Waals surface area (Å²) in [5.41, 5.74) is 0.0375. The predicted molar refractivity (Wildman–Crippen MR) is 86.0 cm³/mol. The molecule has 124 valence electrons. The second kappa shape index (κ2) is 7.23. The van der Waals surface area contributed by atoms with Crippen LogP contribution in [-0.2, 0) is 10.3 Å². The second-order valence-electron chi connectivity index (χ2n) is 5.62. The Balaban J connectivity index is 1.95. The zero-order valence-corrected chi connectivity index (χ0v) is 13.4. The lowest BCUT2D eigenvalue weighted by Crippen LogP contribution is -2.40. The van der Waals surface area contributed by atoms with Crippen molar-refractivity contribution in [3.05, 3.63) is 35.4 Å². The molecule has 0 aromatic heterocycles. The van der Waals surface area contributed by atoms with Gasteiger partial charge in [0.25, 0.3) is 11.8 Å². The highest BCUT2D eigenvalue weighted by molar-refractivity contribution is 6.07. The van der Waals surface area contributed by atoms with Gasteiger partial charge in [0, 0.05) is 18.7 Å². The average Bonchev–Trinajstić information content (AvgIpc) is 2.80. The topological polar surface area (TPSA) is 99.3 Å². The molecule has 0 bridgehead atoms. The molecule has 0 aliphatic carbocycles. The first-order chi connectivity index (χ1) is 11.0. The molecule has 7 heteroatoms. The molecule has 1 aromatic carbocycles. The number of hydrogen-bond acceptors (Lipinski definition) is 4. The van der Waals surface area contributed by atoms with E-state index in [1.165, 1.54) is 0 Å². The third kappa shape index (κ3) is 3.87. The number of rotatable bonds is 7. The zero-order chi connectivity index (χ0) is 16.9. The summed E-state index contributed by atoms with van der Waals surface area (Å²) in [5.74, 6) is -0.568. The van der Waals surface area contributed by atoms with Crippen molar-refractivity contribution in [2.45, 2.75) is 25.8 Å². The Bertz CT molecular complexity index is 600. The molecule has 0 radical (unpaired) electrons. The first-order valence-electron chi connectivity index (χ1n) is 7.70. The number of benzene rings is 1. The Morgan fingerprint density at radius 3 is 2.39 bits per heavy atom. The van der Waals surface area contributed by atoms with Gasteiger partial charge < -0.3 is 16.0 Å². The van der Waals surface area contributed by atoms with Crippen LogP contribution in [0.4, 0.5) is 4.79 Å². The SMILES string of the molecule is CCCNCCNC(=O)c1ccc(C2(C)NC(=O)NC2=O)cc1. The molecule has 23 heavy (non-hydrogen) atoms. The highest BCUT2D eigenvalue weighted by Crippen LogP contribution is 2.24. The Morgan fingerprint density at radius 1 is 1.13 bits per heavy atom. The maximum atomic E-state index is 12.0. The third-order valence-corrected chi connectivity index (χ3v) is 3.78. The minimum atomic E-state index is -1.10. The summed E-state index contributed by atoms with van der Waals surface area (Å²) in [6.45, 7) is 5.91. The lowest BCUT2D eigenvalue weighted by Gasteiger charge is -2.21. The lowest BCUT2D eigenvalue weighted by molar-refractivity contribution is -0.123. The van der Waals surface area contributed by atoms with Crippen LogP contribution >= 0.6 is 0 Å². The van der Waals surface area contributed by atoms with Crippen molar-refractivity contribution in [1.82, 2.24) is 21.3 Å². The van der Waals surface area contributed by atoms with Gasteiger partial charge in [-0.2, -0.15) is 0 Å². The highest BCUT2D eigenvalue weighted by Gasteiger charge is 2.43. The van der Waals surface area contributed by atoms with E-state index in [1.54, 1.807) is 31.2 Å². The van der Waals surface area contributed by atoms with Crippen molar-refractivity contribution >= 4 is 17.8 Å². The maximum absolute atomic E-state index is 12.0. The molecule has 0 spiro atoms. The monoisotopic (exact) mass is 318 g/mol. The van der Waals surface area contributed by atoms with E-state index in [0.717, 1.165) is 19.5 Å². The number of carbonyl (C=O) groups is 3. The predicted octanol–water partition coefficient (Wildman–Crippen LogP) is 0.471. The summed E-state index contributed by atoms with van der Waals surface area (Å²) in [5, 5.41) is 10.8. The van der Waals surface area contributed by atoms with Gasteiger partial charge in [-0.05, 0) is 37.6 Å². The van der Waals surface area contributed by atoms with E-state index < -0.39 is 17.5 Å². The van der Waals surface area contributed by atoms with Crippen molar-refractivity contribution in [1.29, 1.82) is 0 Å². The molecule has 1 aromatic rings. The fraction of sp³-hybridized carbons (Fsp3) is 0.438. The van der Waals surface area contributed by atoms with Crippen LogP contribution < -0.4 is 21.3 Å². The molecule has 1 aliphatic heterocycles. The van der Waals surface area contributed by atoms with Gasteiger partial charge in [0.15, 0.2) is 0 Å². The van der Waals surface area contributed by atoms with Gasteiger partial charge >= 0.3 is 6.03 Å². The first kappa shape index (κ1) is 17.0. The Labute approximate surface area is 135 Å². The molecular formula is C16H22N4O3. The van der Waals surface area contributed by atoms with E-state index in [-0.39, 0.29) is 5.91 Å². The molecule has 7 nitrogen and oxygen atoms in total. The summed E-state index contributed by atoms with van der Waals surface area (Å²) in [6, 6.07) is 6.13. The van der Waals surface area contributed by atoms with E-state index >= 15 is 0 Å². The van der Waals surface area contributed by atoms with Gasteiger partial charge in [0.05, 0.1) is 0 Å². The number of imide groups is 1. The number of hydrogen-bond donors (Lipinski definition) is 4. The van der Waals surface area contributed by atoms with Crippen molar-refractivity contribution in [3.63, 3.8) is 0 Å². The van der Waals surface area contributed by atoms with E-state index in [4.69, 9.17) is 0 Å². The van der Waals surface area contributed by atoms with Crippen LogP contribution in [0.5, 0.6) is 0 Å². The molecule has 1 atom stereocenters. The van der Waals surface area contributed by atoms with E-state index in [0.29, 0.717) is 17.7 Å². The van der Waals surface area contributed by atoms with Crippen molar-refractivity contribution in [3.8, 4) is 0 Å². The molecule has 1 fully saturated rings. The third-order valence-electron chi connectivity index (χ3n) is 3.78. The van der Waals surface area contributed by atoms with Crippen molar-refractivity contribution in [2.24, 2.45) is 0 Å². The fourth-order valence-corrected chi connectivity index (χ4v) is 2.37. The van der Waals surface area contributed by atoms with Crippen LogP contribution in [0.15, 0.2) is 24.3 Å². The quantitative estimate of drug-likeness (QED) is 0.434. The number of carbonyl (C=O) groups excluding carboxylic acids is 3. The smallest absolute Gasteiger partial charge is 0.322 e. The minimum absolute atomic E-state index is 0.167. The summed E-state index contributed by atoms with van der Waals surface area (Å²) in [4.78, 5) is 35.2. The molecule has 1 saturated heterocycles. The normalized spacial score (nSPS) is 20.1. The van der Waals surface area contributed by atoms with Gasteiger partial charge in [-0.25, -0.2) is 4.79 Å². The number of urea groups is 1. The Kier molecular flexibility index (Phi) is 5.33. The van der Waals surface area contributed by atoms with Gasteiger partial charge in [0.1, 0.15) is 5.54 Å². The standard InChI is InChI=1S/C16H22N4O3/c1-3-8-17-9-10-18-13(21)11-4-6-12(7-5-11)16(2)14(22)19-15(23)20-16/h4-7,17H,3,8-10H2,1-2H3,(H,18,21)(H2,19,20,22,23). The summed E-state index contributed by atoms with van der Waals surface area (Å²) in [7, 11) is 0. The van der Waals surface area contributed by atoms with Crippen LogP contribution in [0.2, 0.25) is 0 Å². The summed E-state index contributed by atoms with van der Waals surface area (Å²) < 4.78 is 0. The molecule has 1 aliphatic rings. The van der Waals surface area contributed by atoms with Crippen LogP contribution in [0.25, 0.3) is 0 Å². The largest absolute Gasteiger partial charge is 0.351 e. The Hall–Kier alpha value is -2.41. The van der Waals surface area contributed by atoms with Gasteiger partial charge in [-0.3, -0.25) is 14.9 Å².